The Morgan fingerprint density at radius 3 is 2.62 bits per heavy atom. The van der Waals surface area contributed by atoms with Crippen molar-refractivity contribution in [2.75, 3.05) is 12.4 Å². The van der Waals surface area contributed by atoms with Gasteiger partial charge < -0.3 is 5.32 Å². The van der Waals surface area contributed by atoms with Crippen molar-refractivity contribution in [2.24, 2.45) is 9.98 Å². The molecule has 0 aliphatic rings. The first kappa shape index (κ1) is 9.45. The Labute approximate surface area is 78.2 Å². The van der Waals surface area contributed by atoms with Crippen LogP contribution in [0.15, 0.2) is 40.3 Å². The molecule has 1 aromatic rings. The lowest BCUT2D eigenvalue weighted by Gasteiger charge is -2.02. The molecule has 0 heterocycles. The predicted molar refractivity (Wildman–Crippen MR) is 57.6 cm³/mol. The molecule has 0 aromatic heterocycles. The van der Waals surface area contributed by atoms with Crippen LogP contribution in [-0.2, 0) is 0 Å². The van der Waals surface area contributed by atoms with Crippen LogP contribution in [0.5, 0.6) is 0 Å². The van der Waals surface area contributed by atoms with Crippen LogP contribution in [-0.4, -0.2) is 19.2 Å². The maximum Gasteiger partial charge on any atom is 0.111 e. The highest BCUT2D eigenvalue weighted by atomic mass is 15.0. The zero-order valence-electron chi connectivity index (χ0n) is 7.86. The lowest BCUT2D eigenvalue weighted by atomic mass is 10.3. The largest absolute Gasteiger partial charge is 0.344 e. The maximum absolute atomic E-state index is 4.05. The zero-order valence-corrected chi connectivity index (χ0v) is 7.86. The Kier molecular flexibility index (Phi) is 3.70. The number of para-hydroxylation sites is 1. The smallest absolute Gasteiger partial charge is 0.111 e. The van der Waals surface area contributed by atoms with Crippen molar-refractivity contribution < 1.29 is 0 Å². The molecular formula is C10H13N3. The highest BCUT2D eigenvalue weighted by Crippen LogP contribution is 2.04. The summed E-state index contributed by atoms with van der Waals surface area (Å²) in [7, 11) is 1.69. The summed E-state index contributed by atoms with van der Waals surface area (Å²) in [5.74, 6) is 0.830. The van der Waals surface area contributed by atoms with E-state index in [1.165, 1.54) is 6.34 Å². The first-order chi connectivity index (χ1) is 6.33. The second kappa shape index (κ2) is 5.09. The molecule has 0 spiro atoms. The molecule has 3 heteroatoms. The number of nitrogens with zero attached hydrogens (tertiary/aromatic N) is 2. The second-order valence-corrected chi connectivity index (χ2v) is 2.58. The second-order valence-electron chi connectivity index (χ2n) is 2.58. The summed E-state index contributed by atoms with van der Waals surface area (Å²) in [4.78, 5) is 7.82. The molecule has 0 amide bonds. The van der Waals surface area contributed by atoms with Crippen molar-refractivity contribution in [3.63, 3.8) is 0 Å². The van der Waals surface area contributed by atoms with Crippen molar-refractivity contribution >= 4 is 17.9 Å². The summed E-state index contributed by atoms with van der Waals surface area (Å²) >= 11 is 0. The Hall–Kier alpha value is -1.64. The number of aliphatic imine (C=N–C) groups is 2. The van der Waals surface area contributed by atoms with Crippen LogP contribution in [0, 0.1) is 0 Å². The van der Waals surface area contributed by atoms with E-state index in [0.717, 1.165) is 11.5 Å². The molecule has 13 heavy (non-hydrogen) atoms. The summed E-state index contributed by atoms with van der Waals surface area (Å²) in [5, 5.41) is 3.14. The highest BCUT2D eigenvalue weighted by Gasteiger charge is 1.89. The summed E-state index contributed by atoms with van der Waals surface area (Å²) < 4.78 is 0. The molecule has 0 aliphatic carbocycles. The third-order valence-corrected chi connectivity index (χ3v) is 1.47. The fraction of sp³-hybridized carbons (Fsp3) is 0.200. The summed E-state index contributed by atoms with van der Waals surface area (Å²) in [6.07, 6.45) is 1.52. The normalized spacial score (nSPS) is 12.0. The van der Waals surface area contributed by atoms with E-state index in [2.05, 4.69) is 15.3 Å². The van der Waals surface area contributed by atoms with Gasteiger partial charge in [-0.2, -0.15) is 0 Å². The zero-order chi connectivity index (χ0) is 9.52. The van der Waals surface area contributed by atoms with E-state index < -0.39 is 0 Å². The standard InChI is InChI=1S/C10H13N3/c1-9(12-8-11-2)13-10-6-4-3-5-7-10/h3-8H,1-2H3,(H,11,12,13). The van der Waals surface area contributed by atoms with Crippen LogP contribution < -0.4 is 5.32 Å². The summed E-state index contributed by atoms with van der Waals surface area (Å²) in [5.41, 5.74) is 1.04. The van der Waals surface area contributed by atoms with Crippen molar-refractivity contribution in [3.05, 3.63) is 30.3 Å². The van der Waals surface area contributed by atoms with Gasteiger partial charge in [-0.1, -0.05) is 18.2 Å². The lowest BCUT2D eigenvalue weighted by Crippen LogP contribution is -2.06. The molecule has 0 radical (unpaired) electrons. The molecule has 1 rings (SSSR count). The average molecular weight is 175 g/mol. The van der Waals surface area contributed by atoms with Crippen LogP contribution >= 0.6 is 0 Å². The van der Waals surface area contributed by atoms with E-state index in [1.54, 1.807) is 7.05 Å². The molecule has 0 aliphatic heterocycles. The molecule has 0 atom stereocenters. The van der Waals surface area contributed by atoms with Crippen molar-refractivity contribution in [1.29, 1.82) is 0 Å². The van der Waals surface area contributed by atoms with Gasteiger partial charge >= 0.3 is 0 Å². The van der Waals surface area contributed by atoms with Gasteiger partial charge in [0.05, 0.1) is 0 Å². The molecule has 0 fully saturated rings. The van der Waals surface area contributed by atoms with Gasteiger partial charge in [0.1, 0.15) is 12.2 Å². The van der Waals surface area contributed by atoms with E-state index >= 15 is 0 Å². The first-order valence-corrected chi connectivity index (χ1v) is 4.10. The van der Waals surface area contributed by atoms with Gasteiger partial charge in [-0.3, -0.25) is 4.99 Å². The maximum atomic E-state index is 4.05. The molecule has 1 aromatic carbocycles. The minimum absolute atomic E-state index is 0.830. The molecule has 0 unspecified atom stereocenters. The van der Waals surface area contributed by atoms with Crippen LogP contribution in [0.3, 0.4) is 0 Å². The number of hydrogen-bond acceptors (Lipinski definition) is 1. The molecule has 0 saturated carbocycles. The van der Waals surface area contributed by atoms with E-state index in [0.29, 0.717) is 0 Å². The molecule has 3 nitrogen and oxygen atoms in total. The van der Waals surface area contributed by atoms with E-state index in [4.69, 9.17) is 0 Å². The Morgan fingerprint density at radius 2 is 2.00 bits per heavy atom. The minimum Gasteiger partial charge on any atom is -0.344 e. The third-order valence-electron chi connectivity index (χ3n) is 1.47. The van der Waals surface area contributed by atoms with Crippen LogP contribution in [0.2, 0.25) is 0 Å². The van der Waals surface area contributed by atoms with Crippen LogP contribution in [0.4, 0.5) is 5.69 Å². The van der Waals surface area contributed by atoms with Crippen LogP contribution in [0.1, 0.15) is 6.92 Å². The Bertz CT molecular complexity index is 301. The topological polar surface area (TPSA) is 36.8 Å². The van der Waals surface area contributed by atoms with E-state index in [-0.39, 0.29) is 0 Å². The summed E-state index contributed by atoms with van der Waals surface area (Å²) in [6.45, 7) is 1.90. The molecular weight excluding hydrogens is 162 g/mol. The van der Waals surface area contributed by atoms with Gasteiger partial charge in [0, 0.05) is 12.7 Å². The van der Waals surface area contributed by atoms with Gasteiger partial charge in [-0.25, -0.2) is 4.99 Å². The quantitative estimate of drug-likeness (QED) is 0.542. The number of rotatable bonds is 2. The number of benzene rings is 1. The predicted octanol–water partition coefficient (Wildman–Crippen LogP) is 2.17. The fourth-order valence-corrected chi connectivity index (χ4v) is 0.907. The molecule has 0 saturated heterocycles. The number of hydrogen-bond donors (Lipinski definition) is 1. The fourth-order valence-electron chi connectivity index (χ4n) is 0.907. The van der Waals surface area contributed by atoms with Gasteiger partial charge in [0.15, 0.2) is 0 Å². The highest BCUT2D eigenvalue weighted by molar-refractivity contribution is 5.97. The number of nitrogens with one attached hydrogen (secondary N) is 1. The first-order valence-electron chi connectivity index (χ1n) is 4.10. The Balaban J connectivity index is 2.60. The van der Waals surface area contributed by atoms with Gasteiger partial charge in [-0.05, 0) is 19.1 Å². The lowest BCUT2D eigenvalue weighted by molar-refractivity contribution is 1.43. The monoisotopic (exact) mass is 175 g/mol. The van der Waals surface area contributed by atoms with Gasteiger partial charge in [-0.15, -0.1) is 0 Å². The molecule has 68 valence electrons. The van der Waals surface area contributed by atoms with E-state index in [1.807, 2.05) is 37.3 Å². The molecule has 1 N–H and O–H groups in total. The van der Waals surface area contributed by atoms with Gasteiger partial charge in [0.2, 0.25) is 0 Å². The van der Waals surface area contributed by atoms with Crippen LogP contribution in [0.25, 0.3) is 0 Å². The van der Waals surface area contributed by atoms with E-state index in [9.17, 15) is 0 Å². The third kappa shape index (κ3) is 3.51. The minimum atomic E-state index is 0.830. The van der Waals surface area contributed by atoms with Crippen molar-refractivity contribution in [2.45, 2.75) is 6.92 Å². The average Bonchev–Trinajstić information content (AvgIpc) is 2.16. The number of anilines is 1. The van der Waals surface area contributed by atoms with Gasteiger partial charge in [0.25, 0.3) is 0 Å². The molecule has 0 bridgehead atoms. The van der Waals surface area contributed by atoms with Crippen molar-refractivity contribution in [3.8, 4) is 0 Å². The Morgan fingerprint density at radius 1 is 1.31 bits per heavy atom. The SMILES string of the molecule is CN=CN=C(C)Nc1ccccc1. The number of amidine groups is 1. The van der Waals surface area contributed by atoms with Crippen molar-refractivity contribution in [1.82, 2.24) is 0 Å². The summed E-state index contributed by atoms with van der Waals surface area (Å²) in [6, 6.07) is 9.91.